The normalized spacial score (nSPS) is 23.2. The predicted octanol–water partition coefficient (Wildman–Crippen LogP) is 4.84. The fraction of sp³-hybridized carbons (Fsp3) is 0.657. The van der Waals surface area contributed by atoms with E-state index in [1.807, 2.05) is 7.05 Å². The maximum atomic E-state index is 15.6. The van der Waals surface area contributed by atoms with Crippen LogP contribution < -0.4 is 16.0 Å². The first-order chi connectivity index (χ1) is 22.3. The maximum absolute atomic E-state index is 15.6. The van der Waals surface area contributed by atoms with Gasteiger partial charge in [-0.05, 0) is 68.3 Å². The summed E-state index contributed by atoms with van der Waals surface area (Å²) in [6, 6.07) is 1.87. The molecule has 1 heterocycles. The van der Waals surface area contributed by atoms with Crippen LogP contribution in [0, 0.1) is 23.6 Å². The number of halogens is 3. The van der Waals surface area contributed by atoms with Gasteiger partial charge < -0.3 is 25.8 Å². The molecule has 9 nitrogen and oxygen atoms in total. The molecule has 4 amide bonds. The van der Waals surface area contributed by atoms with E-state index in [0.29, 0.717) is 63.3 Å². The molecule has 2 aliphatic carbocycles. The van der Waals surface area contributed by atoms with E-state index in [0.717, 1.165) is 25.3 Å². The van der Waals surface area contributed by atoms with Gasteiger partial charge in [0, 0.05) is 38.0 Å². The molecule has 0 aromatic heterocycles. The van der Waals surface area contributed by atoms with Crippen molar-refractivity contribution >= 4 is 29.3 Å². The predicted molar refractivity (Wildman–Crippen MR) is 174 cm³/mol. The third kappa shape index (κ3) is 9.15. The number of anilines is 1. The molecule has 3 aliphatic rings. The molecule has 1 saturated heterocycles. The summed E-state index contributed by atoms with van der Waals surface area (Å²) in [5.41, 5.74) is 0.237. The van der Waals surface area contributed by atoms with Gasteiger partial charge in [0.15, 0.2) is 0 Å². The molecule has 12 heteroatoms. The first kappa shape index (κ1) is 36.4. The SMILES string of the molecule is C=CC(=O)N[C@@H](C(=O)N1CCN(C)CC1)[C@@H](C)c1ccc(NC(=O)C(NC(=O)C(F)(F)C2CCCCC2)C2CCC(C)CC2)c(F)c1. The van der Waals surface area contributed by atoms with E-state index in [1.54, 1.807) is 17.9 Å². The Kier molecular flexibility index (Phi) is 12.5. The van der Waals surface area contributed by atoms with Crippen LogP contribution in [0.4, 0.5) is 18.9 Å². The molecule has 47 heavy (non-hydrogen) atoms. The molecular weight excluding hydrogens is 611 g/mol. The van der Waals surface area contributed by atoms with E-state index < -0.39 is 53.4 Å². The number of likely N-dealkylation sites (N-methyl/N-ethyl adjacent to an activating group) is 1. The zero-order valence-electron chi connectivity index (χ0n) is 27.8. The van der Waals surface area contributed by atoms with Gasteiger partial charge in [-0.3, -0.25) is 19.2 Å². The summed E-state index contributed by atoms with van der Waals surface area (Å²) >= 11 is 0. The summed E-state index contributed by atoms with van der Waals surface area (Å²) in [4.78, 5) is 56.1. The van der Waals surface area contributed by atoms with Gasteiger partial charge in [-0.25, -0.2) is 4.39 Å². The quantitative estimate of drug-likeness (QED) is 0.294. The Labute approximate surface area is 276 Å². The lowest BCUT2D eigenvalue weighted by Gasteiger charge is -2.36. The Morgan fingerprint density at radius 1 is 0.957 bits per heavy atom. The van der Waals surface area contributed by atoms with E-state index in [4.69, 9.17) is 0 Å². The lowest BCUT2D eigenvalue weighted by atomic mass is 9.78. The Hall–Kier alpha value is -3.41. The van der Waals surface area contributed by atoms with Crippen LogP contribution in [0.5, 0.6) is 0 Å². The minimum Gasteiger partial charge on any atom is -0.340 e. The monoisotopic (exact) mass is 661 g/mol. The van der Waals surface area contributed by atoms with Crippen molar-refractivity contribution in [3.8, 4) is 0 Å². The lowest BCUT2D eigenvalue weighted by Crippen LogP contribution is -2.55. The van der Waals surface area contributed by atoms with Gasteiger partial charge in [-0.2, -0.15) is 8.78 Å². The van der Waals surface area contributed by atoms with E-state index in [1.165, 1.54) is 12.1 Å². The number of hydrogen-bond acceptors (Lipinski definition) is 5. The minimum absolute atomic E-state index is 0.175. The molecule has 0 radical (unpaired) electrons. The van der Waals surface area contributed by atoms with Gasteiger partial charge in [-0.1, -0.05) is 58.6 Å². The summed E-state index contributed by atoms with van der Waals surface area (Å²) in [7, 11) is 1.96. The molecule has 260 valence electrons. The number of rotatable bonds is 11. The van der Waals surface area contributed by atoms with Crippen LogP contribution in [0.3, 0.4) is 0 Å². The van der Waals surface area contributed by atoms with Crippen molar-refractivity contribution in [2.24, 2.45) is 17.8 Å². The first-order valence-corrected chi connectivity index (χ1v) is 17.0. The standard InChI is InChI=1S/C35H50F3N5O4/c1-5-29(44)40-30(33(46)43-19-17-42(4)18-20-43)23(3)25-15-16-28(27(36)21-25)39-32(45)31(24-13-11-22(2)12-14-24)41-34(47)35(37,38)26-9-7-6-8-10-26/h5,15-16,21-24,26,30-31H,1,6-14,17-20H2,2-4H3,(H,39,45)(H,40,44)(H,41,47)/t22?,23-,24?,30+,31?/m0/s1. The van der Waals surface area contributed by atoms with Crippen LogP contribution in [0.15, 0.2) is 30.9 Å². The van der Waals surface area contributed by atoms with E-state index in [2.05, 4.69) is 34.4 Å². The highest BCUT2D eigenvalue weighted by Gasteiger charge is 2.49. The molecule has 0 bridgehead atoms. The van der Waals surface area contributed by atoms with Gasteiger partial charge in [0.05, 0.1) is 5.69 Å². The summed E-state index contributed by atoms with van der Waals surface area (Å²) in [6.07, 6.45) is 6.46. The number of hydrogen-bond donors (Lipinski definition) is 3. The molecule has 3 N–H and O–H groups in total. The molecule has 0 spiro atoms. The summed E-state index contributed by atoms with van der Waals surface area (Å²) in [6.45, 7) is 9.62. The second kappa shape index (κ2) is 16.1. The van der Waals surface area contributed by atoms with Crippen molar-refractivity contribution in [3.63, 3.8) is 0 Å². The van der Waals surface area contributed by atoms with Crippen molar-refractivity contribution in [3.05, 3.63) is 42.2 Å². The van der Waals surface area contributed by atoms with E-state index >= 15 is 13.2 Å². The largest absolute Gasteiger partial charge is 0.340 e. The lowest BCUT2D eigenvalue weighted by molar-refractivity contribution is -0.158. The highest BCUT2D eigenvalue weighted by Crippen LogP contribution is 2.38. The molecule has 1 unspecified atom stereocenters. The van der Waals surface area contributed by atoms with Crippen molar-refractivity contribution in [1.29, 1.82) is 0 Å². The summed E-state index contributed by atoms with van der Waals surface area (Å²) < 4.78 is 46.1. The molecule has 1 aromatic carbocycles. The van der Waals surface area contributed by atoms with Crippen molar-refractivity contribution < 1.29 is 32.3 Å². The Balaban J connectivity index is 1.51. The summed E-state index contributed by atoms with van der Waals surface area (Å²) in [5.74, 6) is -9.08. The number of piperazine rings is 1. The smallest absolute Gasteiger partial charge is 0.327 e. The van der Waals surface area contributed by atoms with Gasteiger partial charge >= 0.3 is 5.92 Å². The highest BCUT2D eigenvalue weighted by molar-refractivity contribution is 5.98. The maximum Gasteiger partial charge on any atom is 0.327 e. The second-order valence-corrected chi connectivity index (χ2v) is 13.8. The van der Waals surface area contributed by atoms with Crippen LogP contribution in [-0.4, -0.2) is 84.7 Å². The number of nitrogens with zero attached hydrogens (tertiary/aromatic N) is 2. The Bertz CT molecular complexity index is 1290. The molecule has 1 aromatic rings. The molecule has 4 rings (SSSR count). The Morgan fingerprint density at radius 2 is 1.60 bits per heavy atom. The molecule has 1 aliphatic heterocycles. The third-order valence-corrected chi connectivity index (χ3v) is 10.4. The number of benzene rings is 1. The summed E-state index contributed by atoms with van der Waals surface area (Å²) in [5, 5.41) is 7.60. The van der Waals surface area contributed by atoms with Crippen molar-refractivity contribution in [1.82, 2.24) is 20.4 Å². The van der Waals surface area contributed by atoms with Gasteiger partial charge in [0.1, 0.15) is 17.9 Å². The molecular formula is C35H50F3N5O4. The van der Waals surface area contributed by atoms with Crippen LogP contribution in [0.2, 0.25) is 0 Å². The average molecular weight is 662 g/mol. The number of amides is 4. The number of carbonyl (C=O) groups is 4. The molecule has 2 saturated carbocycles. The van der Waals surface area contributed by atoms with Gasteiger partial charge in [0.2, 0.25) is 17.7 Å². The highest BCUT2D eigenvalue weighted by atomic mass is 19.3. The molecule has 3 atom stereocenters. The van der Waals surface area contributed by atoms with Crippen molar-refractivity contribution in [2.75, 3.05) is 38.5 Å². The first-order valence-electron chi connectivity index (χ1n) is 17.0. The number of carbonyl (C=O) groups excluding carboxylic acids is 4. The van der Waals surface area contributed by atoms with Crippen LogP contribution in [0.1, 0.15) is 83.1 Å². The third-order valence-electron chi connectivity index (χ3n) is 10.4. The Morgan fingerprint density at radius 3 is 2.19 bits per heavy atom. The molecule has 3 fully saturated rings. The van der Waals surface area contributed by atoms with Crippen LogP contribution in [0.25, 0.3) is 0 Å². The van der Waals surface area contributed by atoms with Gasteiger partial charge in [-0.15, -0.1) is 0 Å². The number of alkyl halides is 2. The van der Waals surface area contributed by atoms with Crippen LogP contribution in [-0.2, 0) is 19.2 Å². The number of nitrogens with one attached hydrogen (secondary N) is 3. The second-order valence-electron chi connectivity index (χ2n) is 13.8. The van der Waals surface area contributed by atoms with Crippen molar-refractivity contribution in [2.45, 2.75) is 95.6 Å². The van der Waals surface area contributed by atoms with Crippen LogP contribution >= 0.6 is 0 Å². The average Bonchev–Trinajstić information content (AvgIpc) is 3.07. The fourth-order valence-corrected chi connectivity index (χ4v) is 7.06. The topological polar surface area (TPSA) is 111 Å². The minimum atomic E-state index is -3.61. The van der Waals surface area contributed by atoms with E-state index in [-0.39, 0.29) is 30.4 Å². The van der Waals surface area contributed by atoms with E-state index in [9.17, 15) is 19.2 Å². The zero-order chi connectivity index (χ0) is 34.3. The van der Waals surface area contributed by atoms with Gasteiger partial charge in [0.25, 0.3) is 5.91 Å². The zero-order valence-corrected chi connectivity index (χ0v) is 27.8. The fourth-order valence-electron chi connectivity index (χ4n) is 7.06.